The van der Waals surface area contributed by atoms with Crippen molar-refractivity contribution in [1.82, 2.24) is 4.90 Å². The van der Waals surface area contributed by atoms with Crippen LogP contribution in [0.2, 0.25) is 0 Å². The quantitative estimate of drug-likeness (QED) is 0.571. The summed E-state index contributed by atoms with van der Waals surface area (Å²) in [4.78, 5) is 27.3. The average Bonchev–Trinajstić information content (AvgIpc) is 2.63. The number of carbonyl (C=O) groups is 2. The maximum Gasteiger partial charge on any atom is 0.254 e. The molecule has 0 bridgehead atoms. The molecule has 132 valence electrons. The number of ketones is 1. The van der Waals surface area contributed by atoms with E-state index in [0.717, 1.165) is 17.5 Å². The van der Waals surface area contributed by atoms with E-state index in [1.165, 1.54) is 0 Å². The Hall–Kier alpha value is -2.46. The van der Waals surface area contributed by atoms with Gasteiger partial charge in [-0.05, 0) is 43.5 Å². The number of hydrogen-bond acceptors (Lipinski definition) is 3. The first kappa shape index (κ1) is 18.9. The number of amides is 1. The van der Waals surface area contributed by atoms with Crippen molar-refractivity contribution in [2.24, 2.45) is 0 Å². The van der Waals surface area contributed by atoms with Gasteiger partial charge in [-0.25, -0.2) is 0 Å². The first-order valence-electron chi connectivity index (χ1n) is 8.41. The highest BCUT2D eigenvalue weighted by atomic mass is 16.5. The van der Waals surface area contributed by atoms with E-state index >= 15 is 0 Å². The van der Waals surface area contributed by atoms with E-state index in [1.807, 2.05) is 32.0 Å². The summed E-state index contributed by atoms with van der Waals surface area (Å²) >= 11 is 0. The first-order chi connectivity index (χ1) is 12.0. The van der Waals surface area contributed by atoms with Gasteiger partial charge in [-0.3, -0.25) is 9.59 Å². The molecular formula is C21H25NO3. The SMILES string of the molecule is COCCCN(C)C(=O)c1ccccc1C(=O)c1ccc(C)c(C)c1. The fraction of sp³-hybridized carbons (Fsp3) is 0.333. The molecule has 0 aliphatic heterocycles. The van der Waals surface area contributed by atoms with Gasteiger partial charge in [-0.1, -0.05) is 30.3 Å². The molecule has 0 heterocycles. The van der Waals surface area contributed by atoms with E-state index in [-0.39, 0.29) is 11.7 Å². The van der Waals surface area contributed by atoms with Crippen LogP contribution in [0.5, 0.6) is 0 Å². The topological polar surface area (TPSA) is 46.6 Å². The largest absolute Gasteiger partial charge is 0.385 e. The van der Waals surface area contributed by atoms with Crippen molar-refractivity contribution < 1.29 is 14.3 Å². The van der Waals surface area contributed by atoms with E-state index in [2.05, 4.69) is 0 Å². The Bertz CT molecular complexity index is 767. The monoisotopic (exact) mass is 339 g/mol. The molecule has 0 N–H and O–H groups in total. The zero-order valence-electron chi connectivity index (χ0n) is 15.3. The molecule has 1 amide bonds. The second-order valence-corrected chi connectivity index (χ2v) is 6.25. The van der Waals surface area contributed by atoms with E-state index in [0.29, 0.717) is 29.8 Å². The second-order valence-electron chi connectivity index (χ2n) is 6.25. The summed E-state index contributed by atoms with van der Waals surface area (Å²) in [7, 11) is 3.38. The number of ether oxygens (including phenoxy) is 1. The third-order valence-corrected chi connectivity index (χ3v) is 4.36. The molecule has 2 rings (SSSR count). The lowest BCUT2D eigenvalue weighted by Crippen LogP contribution is -2.29. The number of methoxy groups -OCH3 is 1. The van der Waals surface area contributed by atoms with Gasteiger partial charge < -0.3 is 9.64 Å². The van der Waals surface area contributed by atoms with Crippen LogP contribution in [0.3, 0.4) is 0 Å². The number of carbonyl (C=O) groups excluding carboxylic acids is 2. The fourth-order valence-electron chi connectivity index (χ4n) is 2.66. The van der Waals surface area contributed by atoms with Crippen LogP contribution in [0.25, 0.3) is 0 Å². The highest BCUT2D eigenvalue weighted by Gasteiger charge is 2.20. The first-order valence-corrected chi connectivity index (χ1v) is 8.41. The Kier molecular flexibility index (Phi) is 6.48. The van der Waals surface area contributed by atoms with Gasteiger partial charge in [0.1, 0.15) is 0 Å². The number of aryl methyl sites for hydroxylation is 2. The molecule has 0 saturated carbocycles. The standard InChI is InChI=1S/C21H25NO3/c1-15-10-11-17(14-16(15)2)20(23)18-8-5-6-9-19(18)21(24)22(3)12-7-13-25-4/h5-6,8-11,14H,7,12-13H2,1-4H3. The average molecular weight is 339 g/mol. The summed E-state index contributed by atoms with van der Waals surface area (Å²) < 4.78 is 5.03. The molecular weight excluding hydrogens is 314 g/mol. The Morgan fingerprint density at radius 3 is 2.32 bits per heavy atom. The van der Waals surface area contributed by atoms with Gasteiger partial charge in [0.25, 0.3) is 5.91 Å². The predicted octanol–water partition coefficient (Wildman–Crippen LogP) is 3.64. The normalized spacial score (nSPS) is 10.6. The number of benzene rings is 2. The predicted molar refractivity (Wildman–Crippen MR) is 99.2 cm³/mol. The highest BCUT2D eigenvalue weighted by molar-refractivity contribution is 6.15. The Balaban J connectivity index is 2.29. The minimum absolute atomic E-state index is 0.127. The van der Waals surface area contributed by atoms with Crippen molar-refractivity contribution in [3.05, 3.63) is 70.3 Å². The van der Waals surface area contributed by atoms with Gasteiger partial charge in [0.2, 0.25) is 0 Å². The van der Waals surface area contributed by atoms with Crippen LogP contribution in [-0.2, 0) is 4.74 Å². The summed E-state index contributed by atoms with van der Waals surface area (Å²) in [6, 6.07) is 12.6. The molecule has 25 heavy (non-hydrogen) atoms. The van der Waals surface area contributed by atoms with Crippen LogP contribution in [0.15, 0.2) is 42.5 Å². The van der Waals surface area contributed by atoms with Crippen LogP contribution in [-0.4, -0.2) is 43.9 Å². The molecule has 0 radical (unpaired) electrons. The third-order valence-electron chi connectivity index (χ3n) is 4.36. The Labute approximate surface area is 149 Å². The molecule has 4 nitrogen and oxygen atoms in total. The molecule has 0 aliphatic rings. The summed E-state index contributed by atoms with van der Waals surface area (Å²) in [5, 5.41) is 0. The van der Waals surface area contributed by atoms with E-state index in [1.54, 1.807) is 43.3 Å². The fourth-order valence-corrected chi connectivity index (χ4v) is 2.66. The molecule has 0 aromatic heterocycles. The highest BCUT2D eigenvalue weighted by Crippen LogP contribution is 2.18. The van der Waals surface area contributed by atoms with Gasteiger partial charge in [0.05, 0.1) is 5.56 Å². The van der Waals surface area contributed by atoms with E-state index in [9.17, 15) is 9.59 Å². The molecule has 0 unspecified atom stereocenters. The van der Waals surface area contributed by atoms with Crippen LogP contribution in [0.4, 0.5) is 0 Å². The van der Waals surface area contributed by atoms with Crippen molar-refractivity contribution in [1.29, 1.82) is 0 Å². The molecule has 0 fully saturated rings. The van der Waals surface area contributed by atoms with Crippen molar-refractivity contribution in [3.8, 4) is 0 Å². The van der Waals surface area contributed by atoms with Crippen molar-refractivity contribution in [3.63, 3.8) is 0 Å². The Morgan fingerprint density at radius 2 is 1.68 bits per heavy atom. The lowest BCUT2D eigenvalue weighted by Gasteiger charge is -2.18. The molecule has 0 spiro atoms. The maximum absolute atomic E-state index is 12.9. The van der Waals surface area contributed by atoms with Gasteiger partial charge >= 0.3 is 0 Å². The summed E-state index contributed by atoms with van der Waals surface area (Å²) in [5.74, 6) is -0.277. The minimum atomic E-state index is -0.149. The summed E-state index contributed by atoms with van der Waals surface area (Å²) in [5.41, 5.74) is 3.68. The van der Waals surface area contributed by atoms with Crippen molar-refractivity contribution in [2.75, 3.05) is 27.3 Å². The number of hydrogen-bond donors (Lipinski definition) is 0. The van der Waals surface area contributed by atoms with Gasteiger partial charge in [-0.15, -0.1) is 0 Å². The van der Waals surface area contributed by atoms with Crippen molar-refractivity contribution >= 4 is 11.7 Å². The van der Waals surface area contributed by atoms with Gasteiger partial charge in [0, 0.05) is 38.4 Å². The molecule has 0 aliphatic carbocycles. The molecule has 2 aromatic rings. The van der Waals surface area contributed by atoms with E-state index in [4.69, 9.17) is 4.74 Å². The van der Waals surface area contributed by atoms with Gasteiger partial charge in [-0.2, -0.15) is 0 Å². The van der Waals surface area contributed by atoms with Crippen molar-refractivity contribution in [2.45, 2.75) is 20.3 Å². The van der Waals surface area contributed by atoms with Crippen LogP contribution in [0, 0.1) is 13.8 Å². The lowest BCUT2D eigenvalue weighted by molar-refractivity contribution is 0.0775. The number of rotatable bonds is 7. The Morgan fingerprint density at radius 1 is 1.00 bits per heavy atom. The molecule has 4 heteroatoms. The van der Waals surface area contributed by atoms with Crippen LogP contribution < -0.4 is 0 Å². The van der Waals surface area contributed by atoms with Crippen LogP contribution >= 0.6 is 0 Å². The maximum atomic E-state index is 12.9. The summed E-state index contributed by atoms with van der Waals surface area (Å²) in [6.45, 7) is 5.17. The third kappa shape index (κ3) is 4.54. The van der Waals surface area contributed by atoms with Crippen LogP contribution in [0.1, 0.15) is 43.8 Å². The second kappa shape index (κ2) is 8.58. The lowest BCUT2D eigenvalue weighted by atomic mass is 9.95. The van der Waals surface area contributed by atoms with Gasteiger partial charge in [0.15, 0.2) is 5.78 Å². The van der Waals surface area contributed by atoms with E-state index < -0.39 is 0 Å². The summed E-state index contributed by atoms with van der Waals surface area (Å²) in [6.07, 6.45) is 0.756. The smallest absolute Gasteiger partial charge is 0.254 e. The zero-order chi connectivity index (χ0) is 18.4. The molecule has 2 aromatic carbocycles. The molecule has 0 atom stereocenters. The number of nitrogens with zero attached hydrogens (tertiary/aromatic N) is 1. The zero-order valence-corrected chi connectivity index (χ0v) is 15.3. The minimum Gasteiger partial charge on any atom is -0.385 e. The molecule has 0 saturated heterocycles.